The molecule has 0 spiro atoms. The van der Waals surface area contributed by atoms with E-state index in [1.807, 2.05) is 0 Å². The monoisotopic (exact) mass is 793 g/mol. The van der Waals surface area contributed by atoms with Crippen LogP contribution in [-0.4, -0.2) is 9.97 Å². The predicted molar refractivity (Wildman–Crippen MR) is 258 cm³/mol. The second-order valence-electron chi connectivity index (χ2n) is 17.4. The molecule has 1 aliphatic heterocycles. The summed E-state index contributed by atoms with van der Waals surface area (Å²) in [5, 5.41) is 2.49. The number of aromatic nitrogens is 2. The van der Waals surface area contributed by atoms with Gasteiger partial charge < -0.3 is 4.90 Å². The Morgan fingerprint density at radius 3 is 1.47 bits per heavy atom. The highest BCUT2D eigenvalue weighted by Crippen LogP contribution is 2.52. The molecule has 294 valence electrons. The zero-order valence-corrected chi connectivity index (χ0v) is 34.8. The Hall–Kier alpha value is -7.62. The Morgan fingerprint density at radius 2 is 0.871 bits per heavy atom. The van der Waals surface area contributed by atoms with Gasteiger partial charge in [0.05, 0.1) is 33.8 Å². The van der Waals surface area contributed by atoms with E-state index < -0.39 is 0 Å². The Bertz CT molecular complexity index is 3320. The minimum atomic E-state index is -0.0825. The molecule has 0 unspecified atom stereocenters. The fourth-order valence-corrected chi connectivity index (χ4v) is 10.1. The van der Waals surface area contributed by atoms with Gasteiger partial charge in [-0.1, -0.05) is 184 Å². The summed E-state index contributed by atoms with van der Waals surface area (Å²) in [5.74, 6) is 0. The van der Waals surface area contributed by atoms with Crippen LogP contribution >= 0.6 is 0 Å². The Kier molecular flexibility index (Phi) is 8.33. The van der Waals surface area contributed by atoms with E-state index in [-0.39, 0.29) is 5.41 Å². The van der Waals surface area contributed by atoms with Gasteiger partial charge >= 0.3 is 0 Å². The molecule has 0 atom stereocenters. The largest absolute Gasteiger partial charge is 0.310 e. The first-order valence-electron chi connectivity index (χ1n) is 21.7. The van der Waals surface area contributed by atoms with E-state index in [9.17, 15) is 0 Å². The quantitative estimate of drug-likeness (QED) is 0.174. The van der Waals surface area contributed by atoms with Crippen molar-refractivity contribution in [2.45, 2.75) is 32.1 Å². The Labute approximate surface area is 362 Å². The van der Waals surface area contributed by atoms with Crippen LogP contribution in [0.5, 0.6) is 0 Å². The molecule has 62 heavy (non-hydrogen) atoms. The second-order valence-corrected chi connectivity index (χ2v) is 17.4. The van der Waals surface area contributed by atoms with Crippen molar-refractivity contribution >= 4 is 38.9 Å². The lowest BCUT2D eigenvalue weighted by Crippen LogP contribution is -2.30. The third-order valence-electron chi connectivity index (χ3n) is 13.3. The van der Waals surface area contributed by atoms with E-state index in [0.29, 0.717) is 0 Å². The van der Waals surface area contributed by atoms with Crippen LogP contribution in [0.1, 0.15) is 47.2 Å². The molecular formula is C59H43N3. The summed E-state index contributed by atoms with van der Waals surface area (Å²) in [4.78, 5) is 13.6. The fourth-order valence-electron chi connectivity index (χ4n) is 10.1. The molecule has 0 saturated carbocycles. The van der Waals surface area contributed by atoms with Crippen molar-refractivity contribution in [1.82, 2.24) is 9.97 Å². The zero-order valence-electron chi connectivity index (χ0n) is 34.8. The van der Waals surface area contributed by atoms with Gasteiger partial charge in [0, 0.05) is 33.4 Å². The number of nitrogens with zero attached hydrogens (tertiary/aromatic N) is 3. The van der Waals surface area contributed by atoms with Crippen LogP contribution in [0.2, 0.25) is 0 Å². The van der Waals surface area contributed by atoms with Crippen LogP contribution in [-0.2, 0) is 18.3 Å². The van der Waals surface area contributed by atoms with E-state index in [0.717, 1.165) is 68.6 Å². The smallest absolute Gasteiger partial charge is 0.0979 e. The highest BCUT2D eigenvalue weighted by molar-refractivity contribution is 6.04. The molecule has 3 heteroatoms. The zero-order chi connectivity index (χ0) is 41.4. The summed E-state index contributed by atoms with van der Waals surface area (Å²) in [5.41, 5.74) is 22.0. The highest BCUT2D eigenvalue weighted by atomic mass is 15.2. The maximum absolute atomic E-state index is 5.57. The molecule has 0 fully saturated rings. The van der Waals surface area contributed by atoms with Crippen molar-refractivity contribution in [3.05, 3.63) is 234 Å². The van der Waals surface area contributed by atoms with Crippen LogP contribution in [0.15, 0.2) is 200 Å². The SMILES string of the molecule is CC1(C)c2ccccc2N(c2ccc3c(c2)Cc2cc4ccc(-c5ccc(-c6ccccc6)c6nc(-c7ccccc7)c(-c7ccccc7)nc56)cc4cc2C3)c2ccccc21. The predicted octanol–water partition coefficient (Wildman–Crippen LogP) is 15.1. The van der Waals surface area contributed by atoms with E-state index in [2.05, 4.69) is 219 Å². The van der Waals surface area contributed by atoms with E-state index in [1.54, 1.807) is 0 Å². The molecule has 0 saturated heterocycles. The summed E-state index contributed by atoms with van der Waals surface area (Å²) in [6.07, 6.45) is 1.82. The molecule has 0 radical (unpaired) electrons. The van der Waals surface area contributed by atoms with Crippen LogP contribution in [0.3, 0.4) is 0 Å². The molecule has 12 rings (SSSR count). The van der Waals surface area contributed by atoms with Gasteiger partial charge in [-0.2, -0.15) is 0 Å². The third kappa shape index (κ3) is 5.88. The molecular weight excluding hydrogens is 751 g/mol. The molecule has 2 aliphatic rings. The van der Waals surface area contributed by atoms with Gasteiger partial charge in [-0.05, 0) is 98.5 Å². The minimum absolute atomic E-state index is 0.0825. The maximum Gasteiger partial charge on any atom is 0.0979 e. The number of benzene rings is 9. The van der Waals surface area contributed by atoms with Crippen molar-refractivity contribution in [2.75, 3.05) is 4.90 Å². The van der Waals surface area contributed by atoms with E-state index in [1.165, 1.54) is 61.2 Å². The van der Waals surface area contributed by atoms with Crippen LogP contribution in [0, 0.1) is 0 Å². The number of hydrogen-bond donors (Lipinski definition) is 0. The number of fused-ring (bicyclic) bond motifs is 6. The number of rotatable bonds is 5. The lowest BCUT2D eigenvalue weighted by molar-refractivity contribution is 0.632. The summed E-state index contributed by atoms with van der Waals surface area (Å²) < 4.78 is 0. The molecule has 1 aliphatic carbocycles. The van der Waals surface area contributed by atoms with Crippen molar-refractivity contribution in [2.24, 2.45) is 0 Å². The van der Waals surface area contributed by atoms with Gasteiger partial charge in [0.25, 0.3) is 0 Å². The molecule has 2 heterocycles. The summed E-state index contributed by atoms with van der Waals surface area (Å²) in [6.45, 7) is 4.70. The highest BCUT2D eigenvalue weighted by Gasteiger charge is 2.36. The molecule has 9 aromatic carbocycles. The van der Waals surface area contributed by atoms with E-state index in [4.69, 9.17) is 9.97 Å². The molecule has 3 nitrogen and oxygen atoms in total. The van der Waals surface area contributed by atoms with Gasteiger partial charge in [-0.15, -0.1) is 0 Å². The average Bonchev–Trinajstić information content (AvgIpc) is 3.32. The average molecular weight is 794 g/mol. The number of anilines is 3. The lowest BCUT2D eigenvalue weighted by atomic mass is 9.73. The van der Waals surface area contributed by atoms with Gasteiger partial charge in [0.15, 0.2) is 0 Å². The number of hydrogen-bond acceptors (Lipinski definition) is 3. The van der Waals surface area contributed by atoms with Crippen molar-refractivity contribution in [3.63, 3.8) is 0 Å². The first-order valence-corrected chi connectivity index (χ1v) is 21.7. The van der Waals surface area contributed by atoms with E-state index >= 15 is 0 Å². The Balaban J connectivity index is 0.954. The summed E-state index contributed by atoms with van der Waals surface area (Å²) >= 11 is 0. The molecule has 0 N–H and O–H groups in total. The summed E-state index contributed by atoms with van der Waals surface area (Å²) in [7, 11) is 0. The first-order chi connectivity index (χ1) is 30.5. The normalized spacial score (nSPS) is 13.6. The van der Waals surface area contributed by atoms with Gasteiger partial charge in [0.1, 0.15) is 0 Å². The standard InChI is InChI=1S/C59H43N3/c1-59(2)51-22-12-14-24-53(51)62(54-25-15-13-23-52(54)59)48-29-28-42-33-45-35-44-34-43(27-26-41(44)32-46(45)36-47(42)37-48)50-31-30-49(38-16-6-3-7-17-38)57-58(50)61-56(40-20-10-5-11-21-40)55(60-57)39-18-8-4-9-19-39/h3-32,34-35,37H,33,36H2,1-2H3. The van der Waals surface area contributed by atoms with Gasteiger partial charge in [-0.3, -0.25) is 0 Å². The second kappa shape index (κ2) is 14.2. The lowest BCUT2D eigenvalue weighted by Gasteiger charge is -2.42. The molecule has 1 aromatic heterocycles. The molecule has 0 bridgehead atoms. The maximum atomic E-state index is 5.57. The molecule has 10 aromatic rings. The van der Waals surface area contributed by atoms with Crippen molar-refractivity contribution < 1.29 is 0 Å². The first kappa shape index (κ1) is 36.2. The topological polar surface area (TPSA) is 29.0 Å². The van der Waals surface area contributed by atoms with Crippen LogP contribution < -0.4 is 4.90 Å². The van der Waals surface area contributed by atoms with Gasteiger partial charge in [-0.25, -0.2) is 9.97 Å². The molecule has 0 amide bonds. The number of para-hydroxylation sites is 2. The summed E-state index contributed by atoms with van der Waals surface area (Å²) in [6, 6.07) is 72.7. The van der Waals surface area contributed by atoms with Crippen molar-refractivity contribution in [3.8, 4) is 44.8 Å². The minimum Gasteiger partial charge on any atom is -0.310 e. The Morgan fingerprint density at radius 1 is 0.387 bits per heavy atom. The third-order valence-corrected chi connectivity index (χ3v) is 13.3. The van der Waals surface area contributed by atoms with Gasteiger partial charge in [0.2, 0.25) is 0 Å². The van der Waals surface area contributed by atoms with Crippen LogP contribution in [0.4, 0.5) is 17.1 Å². The van der Waals surface area contributed by atoms with Crippen molar-refractivity contribution in [1.29, 1.82) is 0 Å². The van der Waals surface area contributed by atoms with Crippen LogP contribution in [0.25, 0.3) is 66.6 Å². The fraction of sp³-hybridized carbons (Fsp3) is 0.0847.